The second kappa shape index (κ2) is 9.96. The largest absolute Gasteiger partial charge is 0.378 e. The van der Waals surface area contributed by atoms with Crippen molar-refractivity contribution >= 4 is 29.1 Å². The fourth-order valence-electron chi connectivity index (χ4n) is 5.22. The van der Waals surface area contributed by atoms with Gasteiger partial charge in [-0.1, -0.05) is 41.9 Å². The predicted molar refractivity (Wildman–Crippen MR) is 135 cm³/mol. The van der Waals surface area contributed by atoms with Crippen molar-refractivity contribution in [3.63, 3.8) is 0 Å². The van der Waals surface area contributed by atoms with Gasteiger partial charge in [0.2, 0.25) is 0 Å². The van der Waals surface area contributed by atoms with Gasteiger partial charge in [-0.25, -0.2) is 0 Å². The maximum atomic E-state index is 12.6. The van der Waals surface area contributed by atoms with E-state index in [0.717, 1.165) is 38.0 Å². The monoisotopic (exact) mass is 483 g/mol. The number of benzene rings is 2. The Bertz CT molecular complexity index is 1030. The third-order valence-electron chi connectivity index (χ3n) is 7.61. The van der Waals surface area contributed by atoms with Crippen molar-refractivity contribution in [3.05, 3.63) is 64.7 Å². The molecule has 2 amide bonds. The SMILES string of the molecule is CN(C)C(=O)c1ccc(N2CCC3(CC2)CC3CCN(C)C(=O)C(O)c2ccccc2)cc1Cl. The molecule has 1 saturated carbocycles. The summed E-state index contributed by atoms with van der Waals surface area (Å²) in [5, 5.41) is 10.9. The van der Waals surface area contributed by atoms with Gasteiger partial charge in [-0.2, -0.15) is 0 Å². The zero-order valence-corrected chi connectivity index (χ0v) is 21.0. The molecule has 0 aromatic heterocycles. The fraction of sp³-hybridized carbons (Fsp3) is 0.481. The number of aliphatic hydroxyl groups excluding tert-OH is 1. The number of likely N-dealkylation sites (N-methyl/N-ethyl adjacent to an activating group) is 1. The Morgan fingerprint density at radius 2 is 1.79 bits per heavy atom. The standard InChI is InChI=1S/C27H34ClN3O3/c1-29(2)25(33)22-10-9-21(17-23(22)28)31-15-12-27(13-16-31)18-20(27)11-14-30(3)26(34)24(32)19-7-5-4-6-8-19/h4-10,17,20,24,32H,11-16,18H2,1-3H3. The molecular formula is C27H34ClN3O3. The number of carbonyl (C=O) groups excluding carboxylic acids is 2. The number of amides is 2. The normalized spacial score (nSPS) is 19.6. The highest BCUT2D eigenvalue weighted by Crippen LogP contribution is 2.61. The molecule has 2 aliphatic rings. The van der Waals surface area contributed by atoms with E-state index in [9.17, 15) is 14.7 Å². The third-order valence-corrected chi connectivity index (χ3v) is 7.92. The molecule has 2 fully saturated rings. The average molecular weight is 484 g/mol. The molecule has 6 nitrogen and oxygen atoms in total. The third kappa shape index (κ3) is 5.08. The van der Waals surface area contributed by atoms with E-state index in [1.165, 1.54) is 11.3 Å². The minimum atomic E-state index is -1.10. The minimum Gasteiger partial charge on any atom is -0.378 e. The molecule has 1 saturated heterocycles. The van der Waals surface area contributed by atoms with Crippen LogP contribution >= 0.6 is 11.6 Å². The van der Waals surface area contributed by atoms with Crippen LogP contribution in [0, 0.1) is 11.3 Å². The lowest BCUT2D eigenvalue weighted by Crippen LogP contribution is -2.36. The molecule has 2 aromatic rings. The molecule has 1 aliphatic carbocycles. The van der Waals surface area contributed by atoms with Crippen LogP contribution in [0.1, 0.15) is 47.7 Å². The molecule has 182 valence electrons. The first-order valence-electron chi connectivity index (χ1n) is 12.0. The predicted octanol–water partition coefficient (Wildman–Crippen LogP) is 4.23. The maximum Gasteiger partial charge on any atom is 0.255 e. The van der Waals surface area contributed by atoms with Crippen molar-refractivity contribution in [3.8, 4) is 0 Å². The second-order valence-electron chi connectivity index (χ2n) is 9.98. The van der Waals surface area contributed by atoms with Crippen LogP contribution in [-0.4, -0.2) is 67.5 Å². The molecule has 0 bridgehead atoms. The summed E-state index contributed by atoms with van der Waals surface area (Å²) in [7, 11) is 5.23. The second-order valence-corrected chi connectivity index (χ2v) is 10.4. The molecule has 34 heavy (non-hydrogen) atoms. The first-order chi connectivity index (χ1) is 16.2. The molecule has 0 radical (unpaired) electrons. The highest BCUT2D eigenvalue weighted by molar-refractivity contribution is 6.34. The van der Waals surface area contributed by atoms with Gasteiger partial charge >= 0.3 is 0 Å². The van der Waals surface area contributed by atoms with Gasteiger partial charge in [-0.15, -0.1) is 0 Å². The molecule has 2 aromatic carbocycles. The van der Waals surface area contributed by atoms with Crippen LogP contribution in [0.5, 0.6) is 0 Å². The molecule has 4 rings (SSSR count). The van der Waals surface area contributed by atoms with Gasteiger partial charge in [0.25, 0.3) is 11.8 Å². The quantitative estimate of drug-likeness (QED) is 0.640. The van der Waals surface area contributed by atoms with Crippen LogP contribution in [0.25, 0.3) is 0 Å². The Hall–Kier alpha value is -2.57. The van der Waals surface area contributed by atoms with E-state index in [2.05, 4.69) is 4.90 Å². The van der Waals surface area contributed by atoms with Crippen LogP contribution in [0.2, 0.25) is 5.02 Å². The molecule has 2 unspecified atom stereocenters. The Kier molecular flexibility index (Phi) is 7.20. The highest BCUT2D eigenvalue weighted by Gasteiger charge is 2.54. The molecule has 1 spiro atoms. The van der Waals surface area contributed by atoms with Crippen LogP contribution in [0.15, 0.2) is 48.5 Å². The van der Waals surface area contributed by atoms with Gasteiger partial charge in [-0.05, 0) is 60.8 Å². The topological polar surface area (TPSA) is 64.1 Å². The van der Waals surface area contributed by atoms with Crippen molar-refractivity contribution in [1.82, 2.24) is 9.80 Å². The van der Waals surface area contributed by atoms with E-state index in [0.29, 0.717) is 34.0 Å². The minimum absolute atomic E-state index is 0.0882. The van der Waals surface area contributed by atoms with Crippen molar-refractivity contribution in [1.29, 1.82) is 0 Å². The van der Waals surface area contributed by atoms with Crippen molar-refractivity contribution in [2.45, 2.75) is 31.8 Å². The smallest absolute Gasteiger partial charge is 0.255 e. The molecule has 1 N–H and O–H groups in total. The lowest BCUT2D eigenvalue weighted by Gasteiger charge is -2.35. The van der Waals surface area contributed by atoms with Crippen LogP contribution in [0.4, 0.5) is 5.69 Å². The van der Waals surface area contributed by atoms with E-state index in [1.54, 1.807) is 38.2 Å². The molecular weight excluding hydrogens is 450 g/mol. The van der Waals surface area contributed by atoms with Crippen molar-refractivity contribution in [2.75, 3.05) is 45.7 Å². The number of carbonyl (C=O) groups is 2. The van der Waals surface area contributed by atoms with E-state index in [1.807, 2.05) is 36.4 Å². The summed E-state index contributed by atoms with van der Waals surface area (Å²) in [6, 6.07) is 14.8. The van der Waals surface area contributed by atoms with Crippen molar-refractivity contribution < 1.29 is 14.7 Å². The zero-order chi connectivity index (χ0) is 24.5. The molecule has 2 atom stereocenters. The molecule has 7 heteroatoms. The zero-order valence-electron chi connectivity index (χ0n) is 20.2. The van der Waals surface area contributed by atoms with Crippen LogP contribution in [0.3, 0.4) is 0 Å². The summed E-state index contributed by atoms with van der Waals surface area (Å²) in [6.45, 7) is 2.60. The van der Waals surface area contributed by atoms with Gasteiger partial charge in [0.15, 0.2) is 6.10 Å². The van der Waals surface area contributed by atoms with E-state index >= 15 is 0 Å². The van der Waals surface area contributed by atoms with Gasteiger partial charge in [0.05, 0.1) is 10.6 Å². The Morgan fingerprint density at radius 3 is 2.41 bits per heavy atom. The lowest BCUT2D eigenvalue weighted by atomic mass is 9.89. The number of aliphatic hydroxyl groups is 1. The van der Waals surface area contributed by atoms with Crippen molar-refractivity contribution in [2.24, 2.45) is 11.3 Å². The maximum absolute atomic E-state index is 12.6. The van der Waals surface area contributed by atoms with Gasteiger partial charge < -0.3 is 19.8 Å². The van der Waals surface area contributed by atoms with E-state index in [4.69, 9.17) is 11.6 Å². The van der Waals surface area contributed by atoms with Gasteiger partial charge in [-0.3, -0.25) is 9.59 Å². The van der Waals surface area contributed by atoms with E-state index < -0.39 is 6.10 Å². The number of halogens is 1. The summed E-state index contributed by atoms with van der Waals surface area (Å²) in [6.07, 6.45) is 3.32. The fourth-order valence-corrected chi connectivity index (χ4v) is 5.48. The summed E-state index contributed by atoms with van der Waals surface area (Å²) >= 11 is 6.41. The summed E-state index contributed by atoms with van der Waals surface area (Å²) in [4.78, 5) is 30.4. The van der Waals surface area contributed by atoms with Gasteiger partial charge in [0.1, 0.15) is 0 Å². The van der Waals surface area contributed by atoms with Crippen LogP contribution < -0.4 is 4.90 Å². The first-order valence-corrected chi connectivity index (χ1v) is 12.3. The Balaban J connectivity index is 1.26. The summed E-state index contributed by atoms with van der Waals surface area (Å²) in [5.74, 6) is 0.293. The Morgan fingerprint density at radius 1 is 1.12 bits per heavy atom. The number of rotatable bonds is 7. The first kappa shape index (κ1) is 24.6. The number of anilines is 1. The summed E-state index contributed by atoms with van der Waals surface area (Å²) in [5.41, 5.74) is 2.60. The highest BCUT2D eigenvalue weighted by atomic mass is 35.5. The summed E-state index contributed by atoms with van der Waals surface area (Å²) < 4.78 is 0. The van der Waals surface area contributed by atoms with Gasteiger partial charge in [0, 0.05) is 46.5 Å². The van der Waals surface area contributed by atoms with Crippen LogP contribution in [-0.2, 0) is 4.79 Å². The molecule has 1 aliphatic heterocycles. The lowest BCUT2D eigenvalue weighted by molar-refractivity contribution is -0.139. The number of piperidine rings is 1. The van der Waals surface area contributed by atoms with E-state index in [-0.39, 0.29) is 11.8 Å². The molecule has 1 heterocycles. The Labute approximate surface area is 207 Å². The number of hydrogen-bond acceptors (Lipinski definition) is 4. The number of nitrogens with zero attached hydrogens (tertiary/aromatic N) is 3. The average Bonchev–Trinajstić information content (AvgIpc) is 3.53. The number of hydrogen-bond donors (Lipinski definition) is 1.